The molecule has 1 heterocycles. The first-order valence-electron chi connectivity index (χ1n) is 6.02. The molecule has 2 N–H and O–H groups in total. The average Bonchev–Trinajstić information content (AvgIpc) is 2.28. The van der Waals surface area contributed by atoms with Crippen molar-refractivity contribution in [3.05, 3.63) is 12.7 Å². The molecule has 102 valence electrons. The molecule has 2 atom stereocenters. The number of carboxylic acid groups (broad SMARTS) is 1. The quantitative estimate of drug-likeness (QED) is 0.745. The Morgan fingerprint density at radius 1 is 1.67 bits per heavy atom. The van der Waals surface area contributed by atoms with E-state index in [0.717, 1.165) is 5.75 Å². The van der Waals surface area contributed by atoms with Gasteiger partial charge in [-0.05, 0) is 13.3 Å². The van der Waals surface area contributed by atoms with E-state index in [1.807, 2.05) is 6.92 Å². The van der Waals surface area contributed by atoms with E-state index in [2.05, 4.69) is 11.9 Å². The fraction of sp³-hybridized carbons (Fsp3) is 0.667. The van der Waals surface area contributed by atoms with Gasteiger partial charge in [0.2, 0.25) is 0 Å². The summed E-state index contributed by atoms with van der Waals surface area (Å²) in [5.41, 5.74) is 0. The molecule has 0 aliphatic carbocycles. The van der Waals surface area contributed by atoms with Crippen molar-refractivity contribution in [2.75, 3.05) is 18.1 Å². The number of aliphatic carboxylic acids is 1. The van der Waals surface area contributed by atoms with E-state index in [1.54, 1.807) is 22.7 Å². The molecule has 1 aliphatic heterocycles. The zero-order valence-corrected chi connectivity index (χ0v) is 11.4. The first-order valence-corrected chi connectivity index (χ1v) is 7.17. The fourth-order valence-corrected chi connectivity index (χ4v) is 2.96. The van der Waals surface area contributed by atoms with Crippen LogP contribution in [-0.2, 0) is 4.79 Å². The molecular formula is C12H20N2O3S. The van der Waals surface area contributed by atoms with Crippen molar-refractivity contribution in [3.63, 3.8) is 0 Å². The minimum absolute atomic E-state index is 0.0102. The second-order valence-corrected chi connectivity index (χ2v) is 5.54. The monoisotopic (exact) mass is 272 g/mol. The SMILES string of the molecule is C=CCC(C)NC(=O)N1CCSCC1CC(=O)O. The largest absolute Gasteiger partial charge is 0.481 e. The Kier molecular flexibility index (Phi) is 6.04. The number of nitrogens with one attached hydrogen (secondary N) is 1. The van der Waals surface area contributed by atoms with Gasteiger partial charge in [0.25, 0.3) is 0 Å². The molecule has 0 spiro atoms. The topological polar surface area (TPSA) is 69.6 Å². The van der Waals surface area contributed by atoms with Gasteiger partial charge in [-0.25, -0.2) is 4.79 Å². The molecule has 2 unspecified atom stereocenters. The molecule has 5 nitrogen and oxygen atoms in total. The van der Waals surface area contributed by atoms with Crippen LogP contribution < -0.4 is 5.32 Å². The van der Waals surface area contributed by atoms with Gasteiger partial charge in [0.15, 0.2) is 0 Å². The van der Waals surface area contributed by atoms with E-state index < -0.39 is 5.97 Å². The van der Waals surface area contributed by atoms with Crippen LogP contribution in [0.25, 0.3) is 0 Å². The molecule has 0 aromatic heterocycles. The predicted molar refractivity (Wildman–Crippen MR) is 72.9 cm³/mol. The minimum Gasteiger partial charge on any atom is -0.481 e. The molecule has 2 amide bonds. The van der Waals surface area contributed by atoms with E-state index in [0.29, 0.717) is 18.7 Å². The first kappa shape index (κ1) is 14.9. The number of carboxylic acids is 1. The number of hydrogen-bond donors (Lipinski definition) is 2. The van der Waals surface area contributed by atoms with Crippen molar-refractivity contribution in [3.8, 4) is 0 Å². The van der Waals surface area contributed by atoms with Gasteiger partial charge in [-0.3, -0.25) is 4.79 Å². The molecule has 1 fully saturated rings. The van der Waals surface area contributed by atoms with Crippen molar-refractivity contribution in [2.24, 2.45) is 0 Å². The van der Waals surface area contributed by atoms with Gasteiger partial charge in [0.05, 0.1) is 12.5 Å². The van der Waals surface area contributed by atoms with Gasteiger partial charge >= 0.3 is 12.0 Å². The Morgan fingerprint density at radius 2 is 2.39 bits per heavy atom. The predicted octanol–water partition coefficient (Wildman–Crippen LogP) is 1.55. The highest BCUT2D eigenvalue weighted by molar-refractivity contribution is 7.99. The Balaban J connectivity index is 2.56. The van der Waals surface area contributed by atoms with E-state index in [4.69, 9.17) is 5.11 Å². The van der Waals surface area contributed by atoms with Crippen LogP contribution in [0.3, 0.4) is 0 Å². The molecule has 0 aromatic rings. The van der Waals surface area contributed by atoms with Crippen molar-refractivity contribution >= 4 is 23.8 Å². The van der Waals surface area contributed by atoms with Gasteiger partial charge in [-0.2, -0.15) is 11.8 Å². The van der Waals surface area contributed by atoms with E-state index in [1.165, 1.54) is 0 Å². The summed E-state index contributed by atoms with van der Waals surface area (Å²) in [6, 6.07) is -0.358. The number of rotatable bonds is 5. The summed E-state index contributed by atoms with van der Waals surface area (Å²) < 4.78 is 0. The maximum absolute atomic E-state index is 12.1. The molecular weight excluding hydrogens is 252 g/mol. The number of amides is 2. The summed E-state index contributed by atoms with van der Waals surface area (Å²) in [7, 11) is 0. The minimum atomic E-state index is -0.862. The summed E-state index contributed by atoms with van der Waals surface area (Å²) in [5.74, 6) is 0.689. The molecule has 0 saturated carbocycles. The lowest BCUT2D eigenvalue weighted by Crippen LogP contribution is -2.52. The second-order valence-electron chi connectivity index (χ2n) is 4.39. The highest BCUT2D eigenvalue weighted by Gasteiger charge is 2.29. The van der Waals surface area contributed by atoms with E-state index in [9.17, 15) is 9.59 Å². The smallest absolute Gasteiger partial charge is 0.317 e. The number of nitrogens with zero attached hydrogens (tertiary/aromatic N) is 1. The van der Waals surface area contributed by atoms with Gasteiger partial charge in [-0.1, -0.05) is 6.08 Å². The number of hydrogen-bond acceptors (Lipinski definition) is 3. The number of carbonyl (C=O) groups is 2. The van der Waals surface area contributed by atoms with Gasteiger partial charge in [0.1, 0.15) is 0 Å². The van der Waals surface area contributed by atoms with Gasteiger partial charge in [-0.15, -0.1) is 6.58 Å². The van der Waals surface area contributed by atoms with Gasteiger partial charge < -0.3 is 15.3 Å². The van der Waals surface area contributed by atoms with Crippen LogP contribution in [0, 0.1) is 0 Å². The second kappa shape index (κ2) is 7.31. The number of carbonyl (C=O) groups excluding carboxylic acids is 1. The maximum Gasteiger partial charge on any atom is 0.317 e. The molecule has 0 aromatic carbocycles. The molecule has 18 heavy (non-hydrogen) atoms. The number of thioether (sulfide) groups is 1. The van der Waals surface area contributed by atoms with E-state index >= 15 is 0 Å². The normalized spacial score (nSPS) is 21.2. The Morgan fingerprint density at radius 3 is 3.00 bits per heavy atom. The third-order valence-corrected chi connectivity index (χ3v) is 3.88. The third kappa shape index (κ3) is 4.60. The highest BCUT2D eigenvalue weighted by Crippen LogP contribution is 2.19. The summed E-state index contributed by atoms with van der Waals surface area (Å²) >= 11 is 1.69. The molecule has 1 rings (SSSR count). The van der Waals surface area contributed by atoms with Crippen LogP contribution in [0.15, 0.2) is 12.7 Å². The molecule has 0 bridgehead atoms. The van der Waals surface area contributed by atoms with Crippen molar-refractivity contribution in [1.29, 1.82) is 0 Å². The molecule has 0 radical (unpaired) electrons. The van der Waals surface area contributed by atoms with Crippen molar-refractivity contribution in [1.82, 2.24) is 10.2 Å². The summed E-state index contributed by atoms with van der Waals surface area (Å²) in [4.78, 5) is 24.5. The Labute approximate surface area is 112 Å². The van der Waals surface area contributed by atoms with Crippen LogP contribution in [0.4, 0.5) is 4.79 Å². The lowest BCUT2D eigenvalue weighted by molar-refractivity contribution is -0.137. The van der Waals surface area contributed by atoms with E-state index in [-0.39, 0.29) is 24.5 Å². The van der Waals surface area contributed by atoms with Gasteiger partial charge in [0, 0.05) is 24.1 Å². The lowest BCUT2D eigenvalue weighted by Gasteiger charge is -2.35. The van der Waals surface area contributed by atoms with Crippen molar-refractivity contribution < 1.29 is 14.7 Å². The molecule has 1 aliphatic rings. The Hall–Kier alpha value is -1.17. The fourth-order valence-electron chi connectivity index (χ4n) is 1.90. The summed E-state index contributed by atoms with van der Waals surface area (Å²) in [6.07, 6.45) is 2.47. The van der Waals surface area contributed by atoms with Crippen molar-refractivity contribution in [2.45, 2.75) is 31.8 Å². The molecule has 6 heteroatoms. The zero-order valence-electron chi connectivity index (χ0n) is 10.6. The van der Waals surface area contributed by atoms with Crippen LogP contribution in [-0.4, -0.2) is 52.1 Å². The van der Waals surface area contributed by atoms with Crippen LogP contribution in [0.2, 0.25) is 0 Å². The maximum atomic E-state index is 12.1. The van der Waals surface area contributed by atoms with Crippen LogP contribution >= 0.6 is 11.8 Å². The highest BCUT2D eigenvalue weighted by atomic mass is 32.2. The average molecular weight is 272 g/mol. The lowest BCUT2D eigenvalue weighted by atomic mass is 10.2. The number of urea groups is 1. The van der Waals surface area contributed by atoms with Crippen LogP contribution in [0.5, 0.6) is 0 Å². The zero-order chi connectivity index (χ0) is 13.5. The summed E-state index contributed by atoms with van der Waals surface area (Å²) in [6.45, 7) is 6.14. The first-order chi connectivity index (χ1) is 8.54. The summed E-state index contributed by atoms with van der Waals surface area (Å²) in [5, 5.41) is 11.7. The third-order valence-electron chi connectivity index (χ3n) is 2.79. The molecule has 1 saturated heterocycles. The Bertz CT molecular complexity index is 322. The van der Waals surface area contributed by atoms with Crippen LogP contribution in [0.1, 0.15) is 19.8 Å². The standard InChI is InChI=1S/C12H20N2O3S/c1-3-4-9(2)13-12(17)14-5-6-18-8-10(14)7-11(15)16/h3,9-10H,1,4-8H2,2H3,(H,13,17)(H,15,16).